The van der Waals surface area contributed by atoms with E-state index in [2.05, 4.69) is 34.8 Å². The molecule has 5 heterocycles. The summed E-state index contributed by atoms with van der Waals surface area (Å²) in [4.78, 5) is 18.6. The molecule has 0 unspecified atom stereocenters. The lowest BCUT2D eigenvalue weighted by Gasteiger charge is -2.38. The lowest BCUT2D eigenvalue weighted by atomic mass is 9.90. The third-order valence-corrected chi connectivity index (χ3v) is 10.1. The van der Waals surface area contributed by atoms with E-state index in [9.17, 15) is 0 Å². The molecule has 2 aromatic carbocycles. The number of nitrogens with one attached hydrogen (secondary N) is 1. The van der Waals surface area contributed by atoms with Crippen molar-refractivity contribution in [3.05, 3.63) is 47.7 Å². The topological polar surface area (TPSA) is 142 Å². The van der Waals surface area contributed by atoms with Gasteiger partial charge in [0.2, 0.25) is 0 Å². The Morgan fingerprint density at radius 3 is 2.43 bits per heavy atom. The van der Waals surface area contributed by atoms with E-state index in [1.165, 1.54) is 6.33 Å². The van der Waals surface area contributed by atoms with Crippen molar-refractivity contribution in [1.29, 1.82) is 0 Å². The Kier molecular flexibility index (Phi) is 9.50. The van der Waals surface area contributed by atoms with Crippen LogP contribution in [-0.2, 0) is 9.47 Å². The van der Waals surface area contributed by atoms with Crippen molar-refractivity contribution in [2.45, 2.75) is 44.2 Å². The Labute approximate surface area is 289 Å². The number of nitrogens with two attached hydrogens (primary N) is 1. The molecule has 13 nitrogen and oxygen atoms in total. The molecule has 1 aliphatic carbocycles. The number of fused-ring (bicyclic) bond motifs is 2. The molecule has 3 fully saturated rings. The highest BCUT2D eigenvalue weighted by molar-refractivity contribution is 6.31. The van der Waals surface area contributed by atoms with Crippen LogP contribution in [0.5, 0.6) is 5.75 Å². The second-order valence-electron chi connectivity index (χ2n) is 13.0. The number of nitrogen functional groups attached to an aromatic ring is 1. The summed E-state index contributed by atoms with van der Waals surface area (Å²) in [6.07, 6.45) is 6.77. The summed E-state index contributed by atoms with van der Waals surface area (Å²) in [7, 11) is 0. The van der Waals surface area contributed by atoms with E-state index in [-0.39, 0.29) is 6.04 Å². The molecule has 8 rings (SSSR count). The fourth-order valence-corrected chi connectivity index (χ4v) is 7.53. The first-order chi connectivity index (χ1) is 24.1. The van der Waals surface area contributed by atoms with Gasteiger partial charge in [0.15, 0.2) is 17.0 Å². The molecule has 49 heavy (non-hydrogen) atoms. The van der Waals surface area contributed by atoms with Crippen LogP contribution in [0.1, 0.15) is 38.1 Å². The van der Waals surface area contributed by atoms with E-state index < -0.39 is 0 Å². The summed E-state index contributed by atoms with van der Waals surface area (Å²) < 4.78 is 25.3. The molecular weight excluding hydrogens is 646 g/mol. The monoisotopic (exact) mass is 687 g/mol. The van der Waals surface area contributed by atoms with E-state index >= 15 is 0 Å². The highest BCUT2D eigenvalue weighted by Gasteiger charge is 2.30. The van der Waals surface area contributed by atoms with Gasteiger partial charge in [-0.15, -0.1) is 0 Å². The van der Waals surface area contributed by atoms with Crippen molar-refractivity contribution in [2.24, 2.45) is 0 Å². The van der Waals surface area contributed by atoms with Crippen LogP contribution in [0.25, 0.3) is 33.4 Å². The smallest absolute Gasteiger partial charge is 0.300 e. The first-order valence-corrected chi connectivity index (χ1v) is 17.7. The van der Waals surface area contributed by atoms with E-state index in [0.717, 1.165) is 119 Å². The molecule has 1 saturated carbocycles. The molecule has 3 aromatic heterocycles. The Hall–Kier alpha value is -4.01. The Bertz CT molecular complexity index is 1880. The number of hydrogen-bond donors (Lipinski definition) is 2. The molecule has 0 atom stereocenters. The van der Waals surface area contributed by atoms with Gasteiger partial charge in [0, 0.05) is 61.1 Å². The van der Waals surface area contributed by atoms with Gasteiger partial charge >= 0.3 is 0 Å². The molecule has 0 spiro atoms. The molecule has 0 amide bonds. The number of morpholine rings is 2. The zero-order valence-corrected chi connectivity index (χ0v) is 28.3. The summed E-state index contributed by atoms with van der Waals surface area (Å²) in [6.45, 7) is 8.68. The van der Waals surface area contributed by atoms with Crippen molar-refractivity contribution in [3.63, 3.8) is 0 Å². The number of anilines is 3. The first kappa shape index (κ1) is 32.2. The van der Waals surface area contributed by atoms with E-state index in [0.29, 0.717) is 46.4 Å². The number of rotatable bonds is 10. The quantitative estimate of drug-likeness (QED) is 0.178. The van der Waals surface area contributed by atoms with Crippen molar-refractivity contribution in [2.75, 3.05) is 76.8 Å². The molecule has 0 bridgehead atoms. The van der Waals surface area contributed by atoms with E-state index in [4.69, 9.17) is 41.1 Å². The van der Waals surface area contributed by atoms with Gasteiger partial charge in [0.05, 0.1) is 44.5 Å². The molecule has 3 aliphatic rings. The van der Waals surface area contributed by atoms with Crippen LogP contribution < -0.4 is 15.8 Å². The van der Waals surface area contributed by atoms with Crippen LogP contribution in [0.3, 0.4) is 0 Å². The SMILES string of the molecule is Nc1ncnc2c1c(-c1ccc(Nc3nc4cc(Cl)cc(OCCCN5CCOCC5)c4o3)cc1)nn2C1CCC(N2CCOCC2)CC1. The van der Waals surface area contributed by atoms with Gasteiger partial charge in [-0.1, -0.05) is 23.7 Å². The third-order valence-electron chi connectivity index (χ3n) is 9.90. The molecule has 2 aliphatic heterocycles. The van der Waals surface area contributed by atoms with Gasteiger partial charge in [-0.3, -0.25) is 9.80 Å². The largest absolute Gasteiger partial charge is 0.489 e. The minimum absolute atomic E-state index is 0.259. The normalized spacial score (nSPS) is 21.0. The number of aromatic nitrogens is 5. The van der Waals surface area contributed by atoms with Crippen molar-refractivity contribution < 1.29 is 18.6 Å². The molecule has 3 N–H and O–H groups in total. The van der Waals surface area contributed by atoms with E-state index in [1.54, 1.807) is 12.1 Å². The lowest BCUT2D eigenvalue weighted by molar-refractivity contribution is 0.00520. The minimum atomic E-state index is 0.259. The number of oxazole rings is 1. The number of ether oxygens (including phenoxy) is 3. The number of hydrogen-bond acceptors (Lipinski definition) is 12. The summed E-state index contributed by atoms with van der Waals surface area (Å²) in [5.74, 6) is 1.01. The van der Waals surface area contributed by atoms with Gasteiger partial charge < -0.3 is 29.7 Å². The van der Waals surface area contributed by atoms with Crippen LogP contribution in [0.4, 0.5) is 17.5 Å². The van der Waals surface area contributed by atoms with Gasteiger partial charge in [-0.25, -0.2) is 14.6 Å². The molecule has 2 saturated heterocycles. The maximum atomic E-state index is 6.44. The Morgan fingerprint density at radius 1 is 0.918 bits per heavy atom. The fraction of sp³-hybridized carbons (Fsp3) is 0.486. The second-order valence-corrected chi connectivity index (χ2v) is 13.4. The maximum Gasteiger partial charge on any atom is 0.300 e. The minimum Gasteiger partial charge on any atom is -0.489 e. The second kappa shape index (κ2) is 14.5. The Morgan fingerprint density at radius 2 is 1.65 bits per heavy atom. The first-order valence-electron chi connectivity index (χ1n) is 17.3. The molecule has 14 heteroatoms. The molecule has 0 radical (unpaired) electrons. The average Bonchev–Trinajstić information content (AvgIpc) is 3.73. The number of benzene rings is 2. The average molecular weight is 688 g/mol. The van der Waals surface area contributed by atoms with E-state index in [1.807, 2.05) is 24.3 Å². The van der Waals surface area contributed by atoms with Gasteiger partial charge in [-0.2, -0.15) is 10.1 Å². The highest BCUT2D eigenvalue weighted by Crippen LogP contribution is 2.38. The standard InChI is InChI=1S/C35H42ClN9O4/c36-24-20-28-32(29(21-24)48-15-1-10-43-11-16-46-17-12-43)49-35(41-28)40-25-4-2-23(3-5-25)31-30-33(37)38-22-39-34(30)45(42-31)27-8-6-26(7-9-27)44-13-18-47-19-14-44/h2-5,20-22,26-27H,1,6-19H2,(H,40,41)(H2,37,38,39). The molecule has 258 valence electrons. The lowest BCUT2D eigenvalue weighted by Crippen LogP contribution is -2.45. The third kappa shape index (κ3) is 7.04. The van der Waals surface area contributed by atoms with Crippen molar-refractivity contribution in [1.82, 2.24) is 34.5 Å². The van der Waals surface area contributed by atoms with Crippen molar-refractivity contribution in [3.8, 4) is 17.0 Å². The molecule has 5 aromatic rings. The van der Waals surface area contributed by atoms with Gasteiger partial charge in [0.25, 0.3) is 6.01 Å². The van der Waals surface area contributed by atoms with Crippen LogP contribution in [-0.4, -0.2) is 106 Å². The summed E-state index contributed by atoms with van der Waals surface area (Å²) >= 11 is 6.41. The number of halogens is 1. The predicted octanol–water partition coefficient (Wildman–Crippen LogP) is 5.53. The maximum absolute atomic E-state index is 6.44. The fourth-order valence-electron chi connectivity index (χ4n) is 7.32. The van der Waals surface area contributed by atoms with Crippen LogP contribution in [0, 0.1) is 0 Å². The Balaban J connectivity index is 0.962. The summed E-state index contributed by atoms with van der Waals surface area (Å²) in [5, 5.41) is 9.72. The van der Waals surface area contributed by atoms with Crippen LogP contribution >= 0.6 is 11.6 Å². The zero-order valence-electron chi connectivity index (χ0n) is 27.5. The van der Waals surface area contributed by atoms with Crippen molar-refractivity contribution >= 4 is 51.3 Å². The molecular formula is C35H42ClN9O4. The van der Waals surface area contributed by atoms with Crippen LogP contribution in [0.15, 0.2) is 47.1 Å². The number of nitrogens with zero attached hydrogens (tertiary/aromatic N) is 7. The highest BCUT2D eigenvalue weighted by atomic mass is 35.5. The van der Waals surface area contributed by atoms with Gasteiger partial charge in [0.1, 0.15) is 23.4 Å². The summed E-state index contributed by atoms with van der Waals surface area (Å²) in [5.41, 5.74) is 10.9. The zero-order chi connectivity index (χ0) is 33.2. The van der Waals surface area contributed by atoms with Gasteiger partial charge in [-0.05, 0) is 50.3 Å². The predicted molar refractivity (Wildman–Crippen MR) is 189 cm³/mol. The summed E-state index contributed by atoms with van der Waals surface area (Å²) in [6, 6.07) is 12.7. The van der Waals surface area contributed by atoms with Crippen LogP contribution in [0.2, 0.25) is 5.02 Å².